The Balaban J connectivity index is 2.89. The van der Waals surface area contributed by atoms with Gasteiger partial charge in [0.05, 0.1) is 0 Å². The monoisotopic (exact) mass is 323 g/mol. The van der Waals surface area contributed by atoms with Gasteiger partial charge in [0, 0.05) is 19.0 Å². The summed E-state index contributed by atoms with van der Waals surface area (Å²) in [7, 11) is 2.80. The molecule has 1 aromatic rings. The molecule has 1 atom stereocenters. The lowest BCUT2D eigenvalue weighted by Crippen LogP contribution is -2.47. The van der Waals surface area contributed by atoms with Gasteiger partial charge in [-0.05, 0) is 11.4 Å². The molecule has 2 N–H and O–H groups in total. The number of amides is 2. The quantitative estimate of drug-likeness (QED) is 0.886. The molecule has 118 valence electrons. The lowest BCUT2D eigenvalue weighted by atomic mass is 10.2. The Hall–Kier alpha value is -1.61. The van der Waals surface area contributed by atoms with Gasteiger partial charge in [-0.3, -0.25) is 9.59 Å². The molecule has 0 spiro atoms. The first-order valence-corrected chi connectivity index (χ1v) is 6.84. The molecule has 2 amide bonds. The Labute approximate surface area is 124 Å². The van der Waals surface area contributed by atoms with E-state index in [4.69, 9.17) is 5.73 Å². The first-order valence-electron chi connectivity index (χ1n) is 5.96. The van der Waals surface area contributed by atoms with E-state index in [0.29, 0.717) is 9.78 Å². The number of nitrogens with zero attached hydrogens (tertiary/aromatic N) is 2. The van der Waals surface area contributed by atoms with Gasteiger partial charge in [0.2, 0.25) is 11.8 Å². The molecule has 9 heteroatoms. The molecule has 21 heavy (non-hydrogen) atoms. The maximum atomic E-state index is 12.6. The Bertz CT molecular complexity index is 488. The van der Waals surface area contributed by atoms with Gasteiger partial charge in [-0.15, -0.1) is 11.3 Å². The van der Waals surface area contributed by atoms with E-state index in [2.05, 4.69) is 0 Å². The van der Waals surface area contributed by atoms with Crippen LogP contribution in [0.3, 0.4) is 0 Å². The second kappa shape index (κ2) is 6.90. The fourth-order valence-corrected chi connectivity index (χ4v) is 2.24. The molecule has 0 bridgehead atoms. The number of hydrogen-bond acceptors (Lipinski definition) is 4. The molecule has 1 heterocycles. The van der Waals surface area contributed by atoms with E-state index < -0.39 is 37.1 Å². The molecule has 0 saturated heterocycles. The highest BCUT2D eigenvalue weighted by molar-refractivity contribution is 7.10. The number of carbonyl (C=O) groups excluding carboxylic acids is 2. The van der Waals surface area contributed by atoms with Gasteiger partial charge in [0.1, 0.15) is 19.1 Å². The van der Waals surface area contributed by atoms with Crippen molar-refractivity contribution >= 4 is 23.2 Å². The minimum absolute atomic E-state index is 0.437. The lowest BCUT2D eigenvalue weighted by Gasteiger charge is -2.27. The molecule has 0 aliphatic heterocycles. The van der Waals surface area contributed by atoms with Crippen molar-refractivity contribution in [3.63, 3.8) is 0 Å². The summed E-state index contributed by atoms with van der Waals surface area (Å²) in [5, 5.41) is 1.67. The number of hydrogen-bond donors (Lipinski definition) is 1. The highest BCUT2D eigenvalue weighted by Gasteiger charge is 2.36. The van der Waals surface area contributed by atoms with Gasteiger partial charge in [0.25, 0.3) is 0 Å². The van der Waals surface area contributed by atoms with Crippen LogP contribution in [-0.4, -0.2) is 55.0 Å². The average molecular weight is 323 g/mol. The highest BCUT2D eigenvalue weighted by atomic mass is 32.1. The van der Waals surface area contributed by atoms with E-state index in [9.17, 15) is 22.8 Å². The summed E-state index contributed by atoms with van der Waals surface area (Å²) in [5.74, 6) is -1.53. The fraction of sp³-hybridized carbons (Fsp3) is 0.500. The molecule has 0 aliphatic carbocycles. The predicted molar refractivity (Wildman–Crippen MR) is 72.6 cm³/mol. The molecule has 0 aromatic carbocycles. The van der Waals surface area contributed by atoms with Crippen LogP contribution in [0.15, 0.2) is 17.5 Å². The molecule has 0 fully saturated rings. The zero-order valence-corrected chi connectivity index (χ0v) is 12.4. The molecule has 0 aliphatic rings. The summed E-state index contributed by atoms with van der Waals surface area (Å²) in [6.07, 6.45) is -4.60. The van der Waals surface area contributed by atoms with Crippen LogP contribution in [0.5, 0.6) is 0 Å². The fourth-order valence-electron chi connectivity index (χ4n) is 1.52. The Morgan fingerprint density at radius 3 is 2.43 bits per heavy atom. The van der Waals surface area contributed by atoms with Crippen LogP contribution < -0.4 is 5.73 Å². The van der Waals surface area contributed by atoms with E-state index in [0.717, 1.165) is 4.90 Å². The van der Waals surface area contributed by atoms with Crippen LogP contribution in [-0.2, 0) is 9.59 Å². The largest absolute Gasteiger partial charge is 0.406 e. The van der Waals surface area contributed by atoms with Crippen molar-refractivity contribution in [2.24, 2.45) is 5.73 Å². The van der Waals surface area contributed by atoms with E-state index in [-0.39, 0.29) is 0 Å². The number of thiophene rings is 1. The first-order chi connectivity index (χ1) is 9.61. The van der Waals surface area contributed by atoms with Gasteiger partial charge in [-0.1, -0.05) is 6.07 Å². The van der Waals surface area contributed by atoms with Gasteiger partial charge in [0.15, 0.2) is 0 Å². The van der Waals surface area contributed by atoms with Crippen LogP contribution in [0.2, 0.25) is 0 Å². The topological polar surface area (TPSA) is 66.6 Å². The van der Waals surface area contributed by atoms with Gasteiger partial charge < -0.3 is 15.5 Å². The molecule has 0 saturated carbocycles. The highest BCUT2D eigenvalue weighted by Crippen LogP contribution is 2.22. The maximum absolute atomic E-state index is 12.6. The van der Waals surface area contributed by atoms with Crippen molar-refractivity contribution in [2.45, 2.75) is 12.2 Å². The third-order valence-corrected chi connectivity index (χ3v) is 3.58. The minimum Gasteiger partial charge on any atom is -0.347 e. The summed E-state index contributed by atoms with van der Waals surface area (Å²) in [6.45, 7) is -2.17. The third kappa shape index (κ3) is 5.35. The number of nitrogens with two attached hydrogens (primary N) is 1. The van der Waals surface area contributed by atoms with Crippen LogP contribution in [0.25, 0.3) is 0 Å². The first kappa shape index (κ1) is 17.4. The number of halogens is 3. The Kier molecular flexibility index (Phi) is 5.73. The second-order valence-corrected chi connectivity index (χ2v) is 5.57. The summed E-state index contributed by atoms with van der Waals surface area (Å²) in [6, 6.07) is 2.00. The maximum Gasteiger partial charge on any atom is 0.406 e. The summed E-state index contributed by atoms with van der Waals surface area (Å²) < 4.78 is 37.7. The summed E-state index contributed by atoms with van der Waals surface area (Å²) in [5.41, 5.74) is 5.68. The minimum atomic E-state index is -4.60. The van der Waals surface area contributed by atoms with E-state index >= 15 is 0 Å². The van der Waals surface area contributed by atoms with Gasteiger partial charge >= 0.3 is 6.18 Å². The number of rotatable bonds is 5. The van der Waals surface area contributed by atoms with E-state index in [1.165, 1.54) is 25.4 Å². The van der Waals surface area contributed by atoms with Crippen molar-refractivity contribution < 1.29 is 22.8 Å². The van der Waals surface area contributed by atoms with Crippen LogP contribution in [0.4, 0.5) is 13.2 Å². The zero-order valence-electron chi connectivity index (χ0n) is 11.6. The number of alkyl halides is 3. The second-order valence-electron chi connectivity index (χ2n) is 4.59. The average Bonchev–Trinajstić information content (AvgIpc) is 2.88. The van der Waals surface area contributed by atoms with Crippen LogP contribution >= 0.6 is 11.3 Å². The lowest BCUT2D eigenvalue weighted by molar-refractivity contribution is -0.164. The SMILES string of the molecule is CN(C)C(=O)CN(CC(F)(F)F)C(=O)C(N)c1cccs1. The number of carbonyl (C=O) groups is 2. The Morgan fingerprint density at radius 2 is 2.00 bits per heavy atom. The van der Waals surface area contributed by atoms with Crippen LogP contribution in [0.1, 0.15) is 10.9 Å². The zero-order chi connectivity index (χ0) is 16.2. The summed E-state index contributed by atoms with van der Waals surface area (Å²) >= 11 is 1.17. The third-order valence-electron chi connectivity index (χ3n) is 2.62. The molecular formula is C12H16F3N3O2S. The van der Waals surface area contributed by atoms with Crippen molar-refractivity contribution in [2.75, 3.05) is 27.2 Å². The van der Waals surface area contributed by atoms with E-state index in [1.807, 2.05) is 0 Å². The van der Waals surface area contributed by atoms with Crippen molar-refractivity contribution in [1.29, 1.82) is 0 Å². The normalized spacial score (nSPS) is 12.9. The summed E-state index contributed by atoms with van der Waals surface area (Å²) in [4.78, 5) is 25.7. The molecule has 1 unspecified atom stereocenters. The molecular weight excluding hydrogens is 307 g/mol. The van der Waals surface area contributed by atoms with Gasteiger partial charge in [-0.2, -0.15) is 13.2 Å². The standard InChI is InChI=1S/C12H16F3N3O2S/c1-17(2)9(19)6-18(7-12(13,14)15)11(20)10(16)8-4-3-5-21-8/h3-5,10H,6-7,16H2,1-2H3. The Morgan fingerprint density at radius 1 is 1.38 bits per heavy atom. The molecule has 1 rings (SSSR count). The van der Waals surface area contributed by atoms with Crippen molar-refractivity contribution in [3.05, 3.63) is 22.4 Å². The smallest absolute Gasteiger partial charge is 0.347 e. The van der Waals surface area contributed by atoms with E-state index in [1.54, 1.807) is 17.5 Å². The van der Waals surface area contributed by atoms with Gasteiger partial charge in [-0.25, -0.2) is 0 Å². The molecule has 5 nitrogen and oxygen atoms in total. The van der Waals surface area contributed by atoms with Crippen molar-refractivity contribution in [1.82, 2.24) is 9.80 Å². The molecule has 1 aromatic heterocycles. The molecule has 0 radical (unpaired) electrons. The predicted octanol–water partition coefficient (Wildman–Crippen LogP) is 1.23. The van der Waals surface area contributed by atoms with Crippen molar-refractivity contribution in [3.8, 4) is 0 Å². The number of likely N-dealkylation sites (N-methyl/N-ethyl adjacent to an activating group) is 1. The van der Waals surface area contributed by atoms with Crippen LogP contribution in [0, 0.1) is 0 Å².